The molecule has 0 radical (unpaired) electrons. The van der Waals surface area contributed by atoms with E-state index in [0.29, 0.717) is 49.1 Å². The monoisotopic (exact) mass is 539 g/mol. The summed E-state index contributed by atoms with van der Waals surface area (Å²) in [5.41, 5.74) is 3.49. The zero-order valence-electron chi connectivity index (χ0n) is 21.4. The van der Waals surface area contributed by atoms with E-state index in [1.807, 2.05) is 32.0 Å². The van der Waals surface area contributed by atoms with Crippen molar-refractivity contribution >= 4 is 46.5 Å². The summed E-state index contributed by atoms with van der Waals surface area (Å²) in [4.78, 5) is 52.9. The van der Waals surface area contributed by atoms with E-state index in [-0.39, 0.29) is 29.9 Å². The van der Waals surface area contributed by atoms with Crippen LogP contribution in [0.15, 0.2) is 41.3 Å². The minimum absolute atomic E-state index is 0.202. The quantitative estimate of drug-likeness (QED) is 0.509. The molecule has 10 nitrogen and oxygen atoms in total. The van der Waals surface area contributed by atoms with Crippen molar-refractivity contribution in [1.29, 1.82) is 0 Å². The van der Waals surface area contributed by atoms with E-state index in [2.05, 4.69) is 5.32 Å². The van der Waals surface area contributed by atoms with Crippen molar-refractivity contribution < 1.29 is 33.4 Å². The van der Waals surface area contributed by atoms with Gasteiger partial charge in [0.2, 0.25) is 5.91 Å². The molecule has 2 fully saturated rings. The lowest BCUT2D eigenvalue weighted by atomic mass is 10.1. The lowest BCUT2D eigenvalue weighted by Crippen LogP contribution is -2.46. The molecule has 0 spiro atoms. The summed E-state index contributed by atoms with van der Waals surface area (Å²) in [6.45, 7) is 5.19. The maximum absolute atomic E-state index is 12.8. The Kier molecular flexibility index (Phi) is 8.70. The number of morpholine rings is 1. The SMILES string of the molecule is COc1cc(C=C2SC(=O)N(CC(=O)N3CCOCC3)C2=O)ccc1OCC(=O)Nc1ccc(C)c(C)c1. The predicted octanol–water partition coefficient (Wildman–Crippen LogP) is 3.22. The van der Waals surface area contributed by atoms with Gasteiger partial charge in [-0.15, -0.1) is 0 Å². The minimum atomic E-state index is -0.524. The molecular weight excluding hydrogens is 510 g/mol. The molecule has 2 aliphatic rings. The molecule has 4 amide bonds. The average Bonchev–Trinajstić information content (AvgIpc) is 3.17. The van der Waals surface area contributed by atoms with Crippen molar-refractivity contribution in [2.45, 2.75) is 13.8 Å². The van der Waals surface area contributed by atoms with E-state index in [0.717, 1.165) is 27.8 Å². The first-order valence-corrected chi connectivity index (χ1v) is 12.9. The third kappa shape index (κ3) is 6.53. The summed E-state index contributed by atoms with van der Waals surface area (Å²) in [7, 11) is 1.46. The largest absolute Gasteiger partial charge is 0.493 e. The standard InChI is InChI=1S/C27H29N3O7S/c1-17-4-6-20(12-18(17)2)28-24(31)16-37-21-7-5-19(13-22(21)35-3)14-23-26(33)30(27(34)38-23)15-25(32)29-8-10-36-11-9-29/h4-7,12-14H,8-11,15-16H2,1-3H3,(H,28,31). The second-order valence-corrected chi connectivity index (χ2v) is 9.80. The number of thioether (sulfide) groups is 1. The summed E-state index contributed by atoms with van der Waals surface area (Å²) in [6, 6.07) is 10.6. The molecule has 2 aromatic carbocycles. The Morgan fingerprint density at radius 2 is 1.82 bits per heavy atom. The highest BCUT2D eigenvalue weighted by atomic mass is 32.2. The van der Waals surface area contributed by atoms with Crippen LogP contribution >= 0.6 is 11.8 Å². The van der Waals surface area contributed by atoms with Crippen LogP contribution in [-0.2, 0) is 19.1 Å². The number of nitrogens with one attached hydrogen (secondary N) is 1. The lowest BCUT2D eigenvalue weighted by Gasteiger charge is -2.28. The molecule has 2 aromatic rings. The Morgan fingerprint density at radius 3 is 2.53 bits per heavy atom. The van der Waals surface area contributed by atoms with Gasteiger partial charge in [0.15, 0.2) is 18.1 Å². The van der Waals surface area contributed by atoms with Gasteiger partial charge in [-0.25, -0.2) is 0 Å². The number of rotatable bonds is 8. The number of amides is 4. The molecule has 0 atom stereocenters. The molecule has 0 unspecified atom stereocenters. The Morgan fingerprint density at radius 1 is 1.05 bits per heavy atom. The summed E-state index contributed by atoms with van der Waals surface area (Å²) in [6.07, 6.45) is 1.56. The van der Waals surface area contributed by atoms with E-state index in [9.17, 15) is 19.2 Å². The molecule has 2 saturated heterocycles. The molecule has 0 aromatic heterocycles. The number of methoxy groups -OCH3 is 1. The van der Waals surface area contributed by atoms with Crippen molar-refractivity contribution in [3.63, 3.8) is 0 Å². The van der Waals surface area contributed by atoms with Crippen LogP contribution in [0.1, 0.15) is 16.7 Å². The van der Waals surface area contributed by atoms with Crippen LogP contribution in [-0.4, -0.2) is 79.3 Å². The summed E-state index contributed by atoms with van der Waals surface area (Å²) < 4.78 is 16.3. The van der Waals surface area contributed by atoms with Crippen molar-refractivity contribution in [2.24, 2.45) is 0 Å². The third-order valence-corrected chi connectivity index (χ3v) is 7.07. The van der Waals surface area contributed by atoms with Crippen LogP contribution in [0.4, 0.5) is 10.5 Å². The molecule has 4 rings (SSSR count). The predicted molar refractivity (Wildman–Crippen MR) is 143 cm³/mol. The van der Waals surface area contributed by atoms with Gasteiger partial charge < -0.3 is 24.4 Å². The highest BCUT2D eigenvalue weighted by molar-refractivity contribution is 8.18. The number of carbonyl (C=O) groups is 4. The number of nitrogens with zero attached hydrogens (tertiary/aromatic N) is 2. The van der Waals surface area contributed by atoms with E-state index in [4.69, 9.17) is 14.2 Å². The summed E-state index contributed by atoms with van der Waals surface area (Å²) >= 11 is 0.778. The van der Waals surface area contributed by atoms with Crippen molar-refractivity contribution in [1.82, 2.24) is 9.80 Å². The highest BCUT2D eigenvalue weighted by Gasteiger charge is 2.37. The smallest absolute Gasteiger partial charge is 0.294 e. The van der Waals surface area contributed by atoms with Gasteiger partial charge in [-0.05, 0) is 72.6 Å². The maximum Gasteiger partial charge on any atom is 0.294 e. The van der Waals surface area contributed by atoms with Gasteiger partial charge in [0.05, 0.1) is 25.2 Å². The number of hydrogen-bond acceptors (Lipinski definition) is 8. The topological polar surface area (TPSA) is 114 Å². The summed E-state index contributed by atoms with van der Waals surface area (Å²) in [5, 5.41) is 2.30. The zero-order chi connectivity index (χ0) is 27.2. The molecule has 11 heteroatoms. The zero-order valence-corrected chi connectivity index (χ0v) is 22.3. The molecule has 38 heavy (non-hydrogen) atoms. The number of benzene rings is 2. The fourth-order valence-electron chi connectivity index (χ4n) is 3.89. The lowest BCUT2D eigenvalue weighted by molar-refractivity contribution is -0.139. The van der Waals surface area contributed by atoms with Crippen LogP contribution < -0.4 is 14.8 Å². The number of carbonyl (C=O) groups excluding carboxylic acids is 4. The number of anilines is 1. The van der Waals surface area contributed by atoms with Crippen LogP contribution in [0.5, 0.6) is 11.5 Å². The maximum atomic E-state index is 12.8. The molecular formula is C27H29N3O7S. The van der Waals surface area contributed by atoms with Crippen molar-refractivity contribution in [2.75, 3.05) is 51.9 Å². The number of hydrogen-bond donors (Lipinski definition) is 1. The fourth-order valence-corrected chi connectivity index (χ4v) is 4.73. The Labute approximate surface area is 224 Å². The van der Waals surface area contributed by atoms with Gasteiger partial charge in [-0.1, -0.05) is 12.1 Å². The average molecular weight is 540 g/mol. The first-order valence-electron chi connectivity index (χ1n) is 12.0. The molecule has 2 heterocycles. The molecule has 0 bridgehead atoms. The van der Waals surface area contributed by atoms with E-state index >= 15 is 0 Å². The van der Waals surface area contributed by atoms with Gasteiger partial charge >= 0.3 is 0 Å². The van der Waals surface area contributed by atoms with Crippen LogP contribution in [0, 0.1) is 13.8 Å². The van der Waals surface area contributed by atoms with Crippen LogP contribution in [0.3, 0.4) is 0 Å². The second-order valence-electron chi connectivity index (χ2n) is 8.81. The number of aryl methyl sites for hydroxylation is 2. The van der Waals surface area contributed by atoms with Gasteiger partial charge in [-0.3, -0.25) is 24.1 Å². The molecule has 1 N–H and O–H groups in total. The van der Waals surface area contributed by atoms with Crippen LogP contribution in [0.2, 0.25) is 0 Å². The van der Waals surface area contributed by atoms with Gasteiger partial charge in [-0.2, -0.15) is 0 Å². The Hall–Kier alpha value is -3.83. The van der Waals surface area contributed by atoms with E-state index < -0.39 is 11.1 Å². The van der Waals surface area contributed by atoms with Gasteiger partial charge in [0, 0.05) is 18.8 Å². The fraction of sp³-hybridized carbons (Fsp3) is 0.333. The Bertz CT molecular complexity index is 1290. The number of imide groups is 1. The highest BCUT2D eigenvalue weighted by Crippen LogP contribution is 2.34. The van der Waals surface area contributed by atoms with Crippen molar-refractivity contribution in [3.8, 4) is 11.5 Å². The normalized spacial score (nSPS) is 16.7. The van der Waals surface area contributed by atoms with Crippen molar-refractivity contribution in [3.05, 3.63) is 58.0 Å². The Balaban J connectivity index is 1.38. The molecule has 0 saturated carbocycles. The van der Waals surface area contributed by atoms with Gasteiger partial charge in [0.1, 0.15) is 6.54 Å². The van der Waals surface area contributed by atoms with Gasteiger partial charge in [0.25, 0.3) is 17.1 Å². The first-order chi connectivity index (χ1) is 18.2. The van der Waals surface area contributed by atoms with Crippen LogP contribution in [0.25, 0.3) is 6.08 Å². The molecule has 200 valence electrons. The third-order valence-electron chi connectivity index (χ3n) is 6.17. The summed E-state index contributed by atoms with van der Waals surface area (Å²) in [5.74, 6) is -0.422. The molecule has 2 aliphatic heterocycles. The first kappa shape index (κ1) is 27.2. The van der Waals surface area contributed by atoms with E-state index in [1.54, 1.807) is 29.2 Å². The molecule has 0 aliphatic carbocycles. The second kappa shape index (κ2) is 12.1. The van der Waals surface area contributed by atoms with E-state index in [1.165, 1.54) is 7.11 Å². The minimum Gasteiger partial charge on any atom is -0.493 e. The number of ether oxygens (including phenoxy) is 3.